The molecule has 9 nitrogen and oxygen atoms in total. The van der Waals surface area contributed by atoms with Gasteiger partial charge in [0.1, 0.15) is 24.1 Å². The van der Waals surface area contributed by atoms with Crippen molar-refractivity contribution >= 4 is 27.5 Å². The second-order valence-electron chi connectivity index (χ2n) is 8.71. The van der Waals surface area contributed by atoms with Gasteiger partial charge in [0.25, 0.3) is 10.0 Å². The van der Waals surface area contributed by atoms with Crippen LogP contribution in [0.3, 0.4) is 0 Å². The number of hydrogen-bond donors (Lipinski definition) is 1. The van der Waals surface area contributed by atoms with Gasteiger partial charge in [-0.1, -0.05) is 37.3 Å². The zero-order valence-electron chi connectivity index (χ0n) is 22.7. The van der Waals surface area contributed by atoms with Crippen molar-refractivity contribution in [2.75, 3.05) is 31.6 Å². The van der Waals surface area contributed by atoms with E-state index in [1.54, 1.807) is 74.7 Å². The van der Waals surface area contributed by atoms with Gasteiger partial charge in [-0.05, 0) is 67.4 Å². The van der Waals surface area contributed by atoms with Crippen LogP contribution in [0.4, 0.5) is 5.69 Å². The van der Waals surface area contributed by atoms with Crippen LogP contribution in [-0.2, 0) is 26.2 Å². The van der Waals surface area contributed by atoms with Crippen molar-refractivity contribution < 1.29 is 27.5 Å². The minimum Gasteiger partial charge on any atom is -0.497 e. The van der Waals surface area contributed by atoms with E-state index < -0.39 is 28.5 Å². The molecule has 3 aromatic carbocycles. The summed E-state index contributed by atoms with van der Waals surface area (Å²) in [5.41, 5.74) is 1.03. The van der Waals surface area contributed by atoms with Crippen molar-refractivity contribution in [3.8, 4) is 11.5 Å². The fraction of sp³-hybridized carbons (Fsp3) is 0.310. The van der Waals surface area contributed by atoms with Crippen molar-refractivity contribution in [1.82, 2.24) is 10.2 Å². The lowest BCUT2D eigenvalue weighted by Gasteiger charge is -2.33. The zero-order valence-corrected chi connectivity index (χ0v) is 23.5. The molecule has 0 aliphatic rings. The van der Waals surface area contributed by atoms with Crippen molar-refractivity contribution in [3.05, 3.63) is 84.4 Å². The lowest BCUT2D eigenvalue weighted by molar-refractivity contribution is -0.140. The number of sulfonamides is 1. The first-order valence-electron chi connectivity index (χ1n) is 12.7. The lowest BCUT2D eigenvalue weighted by atomic mass is 10.1. The van der Waals surface area contributed by atoms with Gasteiger partial charge in [-0.15, -0.1) is 0 Å². The molecule has 0 bridgehead atoms. The van der Waals surface area contributed by atoms with Gasteiger partial charge in [0.2, 0.25) is 11.8 Å². The maximum absolute atomic E-state index is 14.0. The Morgan fingerprint density at radius 3 is 2.13 bits per heavy atom. The Bertz CT molecular complexity index is 1350. The molecule has 10 heteroatoms. The normalized spacial score (nSPS) is 11.8. The Labute approximate surface area is 230 Å². The van der Waals surface area contributed by atoms with Crippen LogP contribution in [0.1, 0.15) is 25.8 Å². The van der Waals surface area contributed by atoms with Gasteiger partial charge in [0.05, 0.1) is 24.8 Å². The van der Waals surface area contributed by atoms with Gasteiger partial charge in [0.15, 0.2) is 0 Å². The first kappa shape index (κ1) is 29.5. The van der Waals surface area contributed by atoms with E-state index in [1.807, 2.05) is 13.0 Å². The molecule has 0 spiro atoms. The first-order chi connectivity index (χ1) is 18.7. The molecule has 0 radical (unpaired) electrons. The third-order valence-corrected chi connectivity index (χ3v) is 7.98. The number of carbonyl (C=O) groups excluding carboxylic acids is 2. The Kier molecular flexibility index (Phi) is 10.3. The number of anilines is 1. The summed E-state index contributed by atoms with van der Waals surface area (Å²) < 4.78 is 39.2. The number of amides is 2. The van der Waals surface area contributed by atoms with Gasteiger partial charge in [0, 0.05) is 13.1 Å². The maximum atomic E-state index is 14.0. The first-order valence-corrected chi connectivity index (χ1v) is 14.1. The molecule has 1 N–H and O–H groups in total. The summed E-state index contributed by atoms with van der Waals surface area (Å²) in [5, 5.41) is 2.79. The quantitative estimate of drug-likeness (QED) is 0.345. The molecular weight excluding hydrogens is 518 g/mol. The number of methoxy groups -OCH3 is 2. The van der Waals surface area contributed by atoms with E-state index in [2.05, 4.69) is 5.32 Å². The lowest BCUT2D eigenvalue weighted by Crippen LogP contribution is -2.52. The van der Waals surface area contributed by atoms with Crippen LogP contribution in [0.2, 0.25) is 0 Å². The van der Waals surface area contributed by atoms with Crippen molar-refractivity contribution in [2.24, 2.45) is 0 Å². The van der Waals surface area contributed by atoms with Crippen molar-refractivity contribution in [3.63, 3.8) is 0 Å². The minimum absolute atomic E-state index is 0.0451. The van der Waals surface area contributed by atoms with Gasteiger partial charge < -0.3 is 19.7 Å². The largest absolute Gasteiger partial charge is 0.497 e. The molecule has 0 aliphatic carbocycles. The maximum Gasteiger partial charge on any atom is 0.264 e. The van der Waals surface area contributed by atoms with Crippen LogP contribution >= 0.6 is 0 Å². The van der Waals surface area contributed by atoms with E-state index in [1.165, 1.54) is 24.1 Å². The average molecular weight is 554 g/mol. The number of carbonyl (C=O) groups is 2. The highest BCUT2D eigenvalue weighted by Gasteiger charge is 2.33. The number of likely N-dealkylation sites (N-methyl/N-ethyl adjacent to an activating group) is 1. The van der Waals surface area contributed by atoms with Gasteiger partial charge in [-0.2, -0.15) is 0 Å². The highest BCUT2D eigenvalue weighted by molar-refractivity contribution is 7.92. The predicted molar refractivity (Wildman–Crippen MR) is 150 cm³/mol. The van der Waals surface area contributed by atoms with E-state index in [0.717, 1.165) is 9.87 Å². The third-order valence-electron chi connectivity index (χ3n) is 6.19. The van der Waals surface area contributed by atoms with Crippen molar-refractivity contribution in [2.45, 2.75) is 37.8 Å². The molecular formula is C29H35N3O6S. The fourth-order valence-corrected chi connectivity index (χ4v) is 5.61. The Balaban J connectivity index is 2.05. The summed E-state index contributed by atoms with van der Waals surface area (Å²) in [6, 6.07) is 20.7. The number of benzene rings is 3. The summed E-state index contributed by atoms with van der Waals surface area (Å²) in [6.45, 7) is 3.60. The van der Waals surface area contributed by atoms with Gasteiger partial charge >= 0.3 is 0 Å². The smallest absolute Gasteiger partial charge is 0.264 e. The number of nitrogens with zero attached hydrogens (tertiary/aromatic N) is 2. The molecule has 0 fully saturated rings. The molecule has 0 heterocycles. The standard InChI is InChI=1S/C29H35N3O6S/c1-5-27(29(34)30-6-2)31(20-22-11-10-12-25(19-22)38-4)28(33)21-32(23-15-17-24(37-3)18-16-23)39(35,36)26-13-8-7-9-14-26/h7-19,27H,5-6,20-21H2,1-4H3,(H,30,34)/t27-/m1/s1. The molecule has 0 unspecified atom stereocenters. The van der Waals surface area contributed by atoms with Crippen LogP contribution in [0.25, 0.3) is 0 Å². The zero-order chi connectivity index (χ0) is 28.4. The predicted octanol–water partition coefficient (Wildman–Crippen LogP) is 3.84. The van der Waals surface area contributed by atoms with E-state index in [-0.39, 0.29) is 17.3 Å². The van der Waals surface area contributed by atoms with E-state index in [4.69, 9.17) is 9.47 Å². The second kappa shape index (κ2) is 13.7. The van der Waals surface area contributed by atoms with Gasteiger partial charge in [-0.25, -0.2) is 8.42 Å². The van der Waals surface area contributed by atoms with Crippen LogP contribution in [0.15, 0.2) is 83.8 Å². The Morgan fingerprint density at radius 2 is 1.54 bits per heavy atom. The summed E-state index contributed by atoms with van der Waals surface area (Å²) in [5.74, 6) is 0.325. The molecule has 3 rings (SSSR count). The molecule has 0 saturated carbocycles. The Morgan fingerprint density at radius 1 is 0.872 bits per heavy atom. The second-order valence-corrected chi connectivity index (χ2v) is 10.6. The molecule has 0 saturated heterocycles. The summed E-state index contributed by atoms with van der Waals surface area (Å²) in [6.07, 6.45) is 0.343. The van der Waals surface area contributed by atoms with E-state index >= 15 is 0 Å². The van der Waals surface area contributed by atoms with E-state index in [9.17, 15) is 18.0 Å². The van der Waals surface area contributed by atoms with Crippen LogP contribution in [0.5, 0.6) is 11.5 Å². The summed E-state index contributed by atoms with van der Waals surface area (Å²) in [7, 11) is -1.06. The summed E-state index contributed by atoms with van der Waals surface area (Å²) in [4.78, 5) is 28.5. The van der Waals surface area contributed by atoms with E-state index in [0.29, 0.717) is 30.2 Å². The van der Waals surface area contributed by atoms with Crippen LogP contribution < -0.4 is 19.1 Å². The fourth-order valence-electron chi connectivity index (χ4n) is 4.18. The Hall–Kier alpha value is -4.05. The molecule has 0 aliphatic heterocycles. The molecule has 1 atom stereocenters. The molecule has 208 valence electrons. The molecule has 2 amide bonds. The molecule has 0 aromatic heterocycles. The SMILES string of the molecule is CCNC(=O)[C@@H](CC)N(Cc1cccc(OC)c1)C(=O)CN(c1ccc(OC)cc1)S(=O)(=O)c1ccccc1. The summed E-state index contributed by atoms with van der Waals surface area (Å²) >= 11 is 0. The highest BCUT2D eigenvalue weighted by atomic mass is 32.2. The van der Waals surface area contributed by atoms with Crippen LogP contribution in [0, 0.1) is 0 Å². The number of ether oxygens (including phenoxy) is 2. The molecule has 39 heavy (non-hydrogen) atoms. The number of nitrogens with one attached hydrogen (secondary N) is 1. The monoisotopic (exact) mass is 553 g/mol. The highest BCUT2D eigenvalue weighted by Crippen LogP contribution is 2.27. The third kappa shape index (κ3) is 7.29. The molecule has 3 aromatic rings. The van der Waals surface area contributed by atoms with Crippen LogP contribution in [-0.4, -0.2) is 58.5 Å². The minimum atomic E-state index is -4.12. The number of rotatable bonds is 13. The van der Waals surface area contributed by atoms with Crippen molar-refractivity contribution in [1.29, 1.82) is 0 Å². The average Bonchev–Trinajstić information content (AvgIpc) is 2.96. The van der Waals surface area contributed by atoms with Gasteiger partial charge in [-0.3, -0.25) is 13.9 Å². The topological polar surface area (TPSA) is 105 Å². The number of hydrogen-bond acceptors (Lipinski definition) is 6.